The quantitative estimate of drug-likeness (QED) is 0.752. The molecule has 0 unspecified atom stereocenters. The first-order chi connectivity index (χ1) is 11.5. The first-order valence-electron chi connectivity index (χ1n) is 8.02. The van der Waals surface area contributed by atoms with E-state index in [0.717, 1.165) is 52.8 Å². The van der Waals surface area contributed by atoms with Crippen molar-refractivity contribution >= 4 is 23.1 Å². The number of rotatable bonds is 2. The fourth-order valence-corrected chi connectivity index (χ4v) is 3.42. The molecule has 0 bridgehead atoms. The van der Waals surface area contributed by atoms with Crippen molar-refractivity contribution < 1.29 is 9.18 Å². The zero-order valence-corrected chi connectivity index (χ0v) is 14.5. The van der Waals surface area contributed by atoms with E-state index in [0.29, 0.717) is 5.02 Å². The normalized spacial score (nSPS) is 16.8. The van der Waals surface area contributed by atoms with Crippen molar-refractivity contribution in [2.24, 2.45) is 0 Å². The van der Waals surface area contributed by atoms with E-state index in [4.69, 9.17) is 11.6 Å². The lowest BCUT2D eigenvalue weighted by molar-refractivity contribution is -0.118. The van der Waals surface area contributed by atoms with E-state index in [1.54, 1.807) is 12.1 Å². The van der Waals surface area contributed by atoms with Crippen LogP contribution < -0.4 is 5.32 Å². The molecule has 1 heterocycles. The SMILES string of the molecule is C/C(=C1/CCCNC1=O)c1cc(Cl)cc(-c2ccc(F)cc2)c1C. The smallest absolute Gasteiger partial charge is 0.247 e. The molecule has 0 saturated carbocycles. The van der Waals surface area contributed by atoms with E-state index < -0.39 is 0 Å². The number of hydrogen-bond donors (Lipinski definition) is 1. The minimum atomic E-state index is -0.268. The molecule has 1 aliphatic rings. The Morgan fingerprint density at radius 3 is 2.58 bits per heavy atom. The molecule has 0 aliphatic carbocycles. The van der Waals surface area contributed by atoms with Crippen LogP contribution in [0.15, 0.2) is 42.0 Å². The van der Waals surface area contributed by atoms with Gasteiger partial charge in [0.15, 0.2) is 0 Å². The Hall–Kier alpha value is -2.13. The Bertz CT molecular complexity index is 824. The topological polar surface area (TPSA) is 29.1 Å². The molecule has 2 aromatic carbocycles. The van der Waals surface area contributed by atoms with Gasteiger partial charge in [0.05, 0.1) is 0 Å². The number of carbonyl (C=O) groups excluding carboxylic acids is 1. The van der Waals surface area contributed by atoms with Crippen molar-refractivity contribution in [2.45, 2.75) is 26.7 Å². The highest BCUT2D eigenvalue weighted by molar-refractivity contribution is 6.31. The summed E-state index contributed by atoms with van der Waals surface area (Å²) < 4.78 is 13.2. The van der Waals surface area contributed by atoms with Crippen molar-refractivity contribution in [1.82, 2.24) is 5.32 Å². The van der Waals surface area contributed by atoms with E-state index in [2.05, 4.69) is 5.32 Å². The Balaban J connectivity index is 2.14. The number of hydrogen-bond acceptors (Lipinski definition) is 1. The second kappa shape index (κ2) is 6.78. The molecular weight excluding hydrogens is 325 g/mol. The largest absolute Gasteiger partial charge is 0.352 e. The molecule has 1 saturated heterocycles. The third kappa shape index (κ3) is 3.22. The van der Waals surface area contributed by atoms with Gasteiger partial charge in [0, 0.05) is 17.1 Å². The van der Waals surface area contributed by atoms with Crippen LogP contribution in [-0.2, 0) is 4.79 Å². The standard InChI is InChI=1S/C20H19ClFNO/c1-12(17-4-3-9-23-20(17)24)18-10-15(21)11-19(13(18)2)14-5-7-16(22)8-6-14/h5-8,10-11H,3-4,9H2,1-2H3,(H,23,24)/b17-12+. The summed E-state index contributed by atoms with van der Waals surface area (Å²) in [7, 11) is 0. The molecule has 4 heteroatoms. The molecule has 0 radical (unpaired) electrons. The van der Waals surface area contributed by atoms with Gasteiger partial charge in [-0.3, -0.25) is 4.79 Å². The summed E-state index contributed by atoms with van der Waals surface area (Å²) in [5, 5.41) is 3.50. The highest BCUT2D eigenvalue weighted by Gasteiger charge is 2.19. The van der Waals surface area contributed by atoms with E-state index in [1.165, 1.54) is 12.1 Å². The number of benzene rings is 2. The fraction of sp³-hybridized carbons (Fsp3) is 0.250. The summed E-state index contributed by atoms with van der Waals surface area (Å²) in [6.45, 7) is 4.70. The highest BCUT2D eigenvalue weighted by Crippen LogP contribution is 2.35. The Morgan fingerprint density at radius 1 is 1.21 bits per heavy atom. The van der Waals surface area contributed by atoms with E-state index in [-0.39, 0.29) is 11.7 Å². The zero-order chi connectivity index (χ0) is 17.3. The minimum Gasteiger partial charge on any atom is -0.352 e. The van der Waals surface area contributed by atoms with Gasteiger partial charge < -0.3 is 5.32 Å². The van der Waals surface area contributed by atoms with Crippen LogP contribution in [0.25, 0.3) is 16.7 Å². The van der Waals surface area contributed by atoms with Crippen LogP contribution in [0.1, 0.15) is 30.9 Å². The summed E-state index contributed by atoms with van der Waals surface area (Å²) in [4.78, 5) is 12.2. The fourth-order valence-electron chi connectivity index (χ4n) is 3.21. The first-order valence-corrected chi connectivity index (χ1v) is 8.39. The van der Waals surface area contributed by atoms with Gasteiger partial charge in [-0.15, -0.1) is 0 Å². The van der Waals surface area contributed by atoms with Gasteiger partial charge >= 0.3 is 0 Å². The molecule has 1 fully saturated rings. The number of carbonyl (C=O) groups is 1. The van der Waals surface area contributed by atoms with Crippen LogP contribution in [0.4, 0.5) is 4.39 Å². The lowest BCUT2D eigenvalue weighted by atomic mass is 9.89. The molecule has 3 rings (SSSR count). The van der Waals surface area contributed by atoms with Crippen LogP contribution in [-0.4, -0.2) is 12.5 Å². The predicted molar refractivity (Wildman–Crippen MR) is 96.4 cm³/mol. The molecule has 1 aliphatic heterocycles. The molecule has 124 valence electrons. The van der Waals surface area contributed by atoms with Gasteiger partial charge in [-0.2, -0.15) is 0 Å². The van der Waals surface area contributed by atoms with Crippen molar-refractivity contribution in [3.63, 3.8) is 0 Å². The highest BCUT2D eigenvalue weighted by atomic mass is 35.5. The van der Waals surface area contributed by atoms with Gasteiger partial charge in [-0.1, -0.05) is 23.7 Å². The lowest BCUT2D eigenvalue weighted by Crippen LogP contribution is -2.31. The van der Waals surface area contributed by atoms with E-state index >= 15 is 0 Å². The third-order valence-electron chi connectivity index (χ3n) is 4.55. The van der Waals surface area contributed by atoms with Crippen LogP contribution in [0.2, 0.25) is 5.02 Å². The zero-order valence-electron chi connectivity index (χ0n) is 13.7. The van der Waals surface area contributed by atoms with Crippen LogP contribution in [0, 0.1) is 12.7 Å². The maximum atomic E-state index is 13.2. The number of halogens is 2. The molecule has 1 N–H and O–H groups in total. The Kier molecular flexibility index (Phi) is 4.72. The van der Waals surface area contributed by atoms with Crippen molar-refractivity contribution in [3.05, 3.63) is 63.9 Å². The molecule has 2 nitrogen and oxygen atoms in total. The molecule has 0 aromatic heterocycles. The average molecular weight is 344 g/mol. The monoisotopic (exact) mass is 343 g/mol. The van der Waals surface area contributed by atoms with Crippen LogP contribution >= 0.6 is 11.6 Å². The summed E-state index contributed by atoms with van der Waals surface area (Å²) in [5.74, 6) is -0.266. The summed E-state index contributed by atoms with van der Waals surface area (Å²) in [5.41, 5.74) is 5.63. The average Bonchev–Trinajstić information content (AvgIpc) is 2.57. The van der Waals surface area contributed by atoms with Crippen LogP contribution in [0.5, 0.6) is 0 Å². The number of allylic oxidation sites excluding steroid dienone is 1. The molecule has 0 spiro atoms. The van der Waals surface area contributed by atoms with E-state index in [9.17, 15) is 9.18 Å². The number of amides is 1. The molecule has 2 aromatic rings. The second-order valence-corrected chi connectivity index (χ2v) is 6.53. The van der Waals surface area contributed by atoms with Gasteiger partial charge in [0.25, 0.3) is 0 Å². The Morgan fingerprint density at radius 2 is 1.92 bits per heavy atom. The number of piperidine rings is 1. The Labute approximate surface area is 146 Å². The summed E-state index contributed by atoms with van der Waals surface area (Å²) in [6, 6.07) is 10.1. The minimum absolute atomic E-state index is 0.00135. The molecular formula is C20H19ClFNO. The summed E-state index contributed by atoms with van der Waals surface area (Å²) in [6.07, 6.45) is 1.72. The van der Waals surface area contributed by atoms with Gasteiger partial charge in [-0.05, 0) is 78.8 Å². The maximum absolute atomic E-state index is 13.2. The van der Waals surface area contributed by atoms with Crippen molar-refractivity contribution in [3.8, 4) is 11.1 Å². The van der Waals surface area contributed by atoms with Gasteiger partial charge in [-0.25, -0.2) is 4.39 Å². The second-order valence-electron chi connectivity index (χ2n) is 6.10. The summed E-state index contributed by atoms with van der Waals surface area (Å²) >= 11 is 6.33. The molecule has 0 atom stereocenters. The van der Waals surface area contributed by atoms with E-state index in [1.807, 2.05) is 26.0 Å². The maximum Gasteiger partial charge on any atom is 0.247 e. The van der Waals surface area contributed by atoms with Gasteiger partial charge in [0.2, 0.25) is 5.91 Å². The lowest BCUT2D eigenvalue weighted by Gasteiger charge is -2.20. The first kappa shape index (κ1) is 16.7. The molecule has 24 heavy (non-hydrogen) atoms. The van der Waals surface area contributed by atoms with Crippen molar-refractivity contribution in [1.29, 1.82) is 0 Å². The predicted octanol–water partition coefficient (Wildman–Crippen LogP) is 5.14. The number of nitrogens with one attached hydrogen (secondary N) is 1. The van der Waals surface area contributed by atoms with Crippen LogP contribution in [0.3, 0.4) is 0 Å². The third-order valence-corrected chi connectivity index (χ3v) is 4.77. The molecule has 1 amide bonds. The van der Waals surface area contributed by atoms with Crippen molar-refractivity contribution in [2.75, 3.05) is 6.54 Å². The van der Waals surface area contributed by atoms with Gasteiger partial charge in [0.1, 0.15) is 5.82 Å².